The van der Waals surface area contributed by atoms with E-state index in [1.807, 2.05) is 36.9 Å². The van der Waals surface area contributed by atoms with Crippen molar-refractivity contribution in [3.8, 4) is 0 Å². The molecule has 108 valence electrons. The molecule has 5 nitrogen and oxygen atoms in total. The quantitative estimate of drug-likeness (QED) is 0.885. The first-order chi connectivity index (χ1) is 9.56. The minimum absolute atomic E-state index is 0.00719. The van der Waals surface area contributed by atoms with Gasteiger partial charge in [0.25, 0.3) is 0 Å². The Morgan fingerprint density at radius 2 is 2.30 bits per heavy atom. The molecule has 0 aliphatic heterocycles. The number of carbonyl (C=O) groups is 1. The molecule has 6 heteroatoms. The first-order valence-electron chi connectivity index (χ1n) is 6.74. The zero-order chi connectivity index (χ0) is 14.5. The highest BCUT2D eigenvalue weighted by Gasteiger charge is 2.13. The molecule has 2 rings (SSSR count). The summed E-state index contributed by atoms with van der Waals surface area (Å²) in [7, 11) is 0. The van der Waals surface area contributed by atoms with E-state index in [2.05, 4.69) is 21.5 Å². The molecule has 0 saturated heterocycles. The molecule has 0 bridgehead atoms. The van der Waals surface area contributed by atoms with E-state index in [4.69, 9.17) is 0 Å². The summed E-state index contributed by atoms with van der Waals surface area (Å²) in [5.41, 5.74) is 0. The molecule has 2 heterocycles. The van der Waals surface area contributed by atoms with E-state index >= 15 is 0 Å². The third kappa shape index (κ3) is 3.90. The van der Waals surface area contributed by atoms with Gasteiger partial charge in [0.05, 0.1) is 6.54 Å². The van der Waals surface area contributed by atoms with E-state index < -0.39 is 0 Å². The van der Waals surface area contributed by atoms with Gasteiger partial charge in [-0.1, -0.05) is 13.0 Å². The van der Waals surface area contributed by atoms with Crippen molar-refractivity contribution in [1.29, 1.82) is 0 Å². The van der Waals surface area contributed by atoms with Crippen molar-refractivity contribution in [2.24, 2.45) is 5.92 Å². The Bertz CT molecular complexity index is 562. The van der Waals surface area contributed by atoms with Crippen LogP contribution in [0, 0.1) is 19.8 Å². The lowest BCUT2D eigenvalue weighted by atomic mass is 10.1. The summed E-state index contributed by atoms with van der Waals surface area (Å²) in [6.45, 7) is 6.98. The maximum absolute atomic E-state index is 12.0. The summed E-state index contributed by atoms with van der Waals surface area (Å²) in [6, 6.07) is 4.08. The summed E-state index contributed by atoms with van der Waals surface area (Å²) >= 11 is 1.69. The predicted octanol–water partition coefficient (Wildman–Crippen LogP) is 1.95. The second kappa shape index (κ2) is 6.65. The van der Waals surface area contributed by atoms with Gasteiger partial charge in [0.1, 0.15) is 11.6 Å². The molecule has 0 aliphatic rings. The van der Waals surface area contributed by atoms with E-state index in [0.717, 1.165) is 18.1 Å². The lowest BCUT2D eigenvalue weighted by Gasteiger charge is -2.11. The molecule has 0 spiro atoms. The molecule has 0 aliphatic carbocycles. The van der Waals surface area contributed by atoms with Gasteiger partial charge >= 0.3 is 0 Å². The topological polar surface area (TPSA) is 59.8 Å². The largest absolute Gasteiger partial charge is 0.354 e. The molecule has 1 amide bonds. The number of nitrogens with zero attached hydrogens (tertiary/aromatic N) is 3. The molecule has 2 aromatic rings. The molecule has 1 unspecified atom stereocenters. The van der Waals surface area contributed by atoms with Crippen molar-refractivity contribution < 1.29 is 4.79 Å². The maximum atomic E-state index is 12.0. The zero-order valence-electron chi connectivity index (χ0n) is 12.1. The van der Waals surface area contributed by atoms with E-state index in [1.165, 1.54) is 4.88 Å². The molecule has 1 N–H and O–H groups in total. The number of nitrogens with one attached hydrogen (secondary N) is 1. The van der Waals surface area contributed by atoms with Gasteiger partial charge in [-0.25, -0.2) is 9.67 Å². The first-order valence-corrected chi connectivity index (χ1v) is 7.62. The van der Waals surface area contributed by atoms with E-state index in [1.54, 1.807) is 11.3 Å². The van der Waals surface area contributed by atoms with Crippen LogP contribution in [0.25, 0.3) is 0 Å². The molecule has 0 saturated carbocycles. The third-order valence-electron chi connectivity index (χ3n) is 3.12. The van der Waals surface area contributed by atoms with Gasteiger partial charge in [-0.2, -0.15) is 5.10 Å². The number of hydrogen-bond donors (Lipinski definition) is 1. The Morgan fingerprint density at radius 3 is 2.90 bits per heavy atom. The third-order valence-corrected chi connectivity index (χ3v) is 4.02. The summed E-state index contributed by atoms with van der Waals surface area (Å²) < 4.78 is 1.82. The standard InChI is InChI=1S/C14H20N4OS/c1-10(9-13-5-4-8-20-13)14(19)15-6-7-18-12(3)16-11(2)17-18/h4-5,8,10H,6-7,9H2,1-3H3,(H,15,19). The molecule has 0 radical (unpaired) electrons. The second-order valence-electron chi connectivity index (χ2n) is 4.90. The zero-order valence-corrected chi connectivity index (χ0v) is 12.9. The molecule has 2 aromatic heterocycles. The minimum atomic E-state index is -0.00719. The second-order valence-corrected chi connectivity index (χ2v) is 5.94. The smallest absolute Gasteiger partial charge is 0.223 e. The molecular weight excluding hydrogens is 272 g/mol. The van der Waals surface area contributed by atoms with Crippen molar-refractivity contribution in [2.45, 2.75) is 33.7 Å². The fourth-order valence-electron chi connectivity index (χ4n) is 2.06. The average molecular weight is 292 g/mol. The van der Waals surface area contributed by atoms with Crippen molar-refractivity contribution in [3.63, 3.8) is 0 Å². The number of amides is 1. The van der Waals surface area contributed by atoms with Crippen LogP contribution in [0.4, 0.5) is 0 Å². The Hall–Kier alpha value is -1.69. The van der Waals surface area contributed by atoms with Gasteiger partial charge in [0.2, 0.25) is 5.91 Å². The maximum Gasteiger partial charge on any atom is 0.223 e. The van der Waals surface area contributed by atoms with Crippen molar-refractivity contribution >= 4 is 17.2 Å². The van der Waals surface area contributed by atoms with Crippen molar-refractivity contribution in [1.82, 2.24) is 20.1 Å². The number of thiophene rings is 1. The Kier molecular flexibility index (Phi) is 4.89. The molecular formula is C14H20N4OS. The van der Waals surface area contributed by atoms with Gasteiger partial charge in [-0.15, -0.1) is 11.3 Å². The highest BCUT2D eigenvalue weighted by molar-refractivity contribution is 7.09. The molecule has 1 atom stereocenters. The minimum Gasteiger partial charge on any atom is -0.354 e. The van der Waals surface area contributed by atoms with Gasteiger partial charge in [-0.3, -0.25) is 4.79 Å². The Balaban J connectivity index is 1.76. The monoisotopic (exact) mass is 292 g/mol. The van der Waals surface area contributed by atoms with Crippen molar-refractivity contribution in [2.75, 3.05) is 6.54 Å². The van der Waals surface area contributed by atoms with Crippen molar-refractivity contribution in [3.05, 3.63) is 34.0 Å². The highest BCUT2D eigenvalue weighted by Crippen LogP contribution is 2.14. The summed E-state index contributed by atoms with van der Waals surface area (Å²) in [6.07, 6.45) is 0.797. The summed E-state index contributed by atoms with van der Waals surface area (Å²) in [4.78, 5) is 17.5. The lowest BCUT2D eigenvalue weighted by molar-refractivity contribution is -0.124. The lowest BCUT2D eigenvalue weighted by Crippen LogP contribution is -2.33. The fourth-order valence-corrected chi connectivity index (χ4v) is 2.89. The Labute approximate surface area is 123 Å². The van der Waals surface area contributed by atoms with Crippen LogP contribution in [-0.4, -0.2) is 27.2 Å². The normalized spacial score (nSPS) is 12.3. The fraction of sp³-hybridized carbons (Fsp3) is 0.500. The average Bonchev–Trinajstić information content (AvgIpc) is 2.99. The highest BCUT2D eigenvalue weighted by atomic mass is 32.1. The van der Waals surface area contributed by atoms with E-state index in [-0.39, 0.29) is 11.8 Å². The van der Waals surface area contributed by atoms with Gasteiger partial charge in [0.15, 0.2) is 0 Å². The van der Waals surface area contributed by atoms with Gasteiger partial charge < -0.3 is 5.32 Å². The predicted molar refractivity (Wildman–Crippen MR) is 79.7 cm³/mol. The molecule has 20 heavy (non-hydrogen) atoms. The van der Waals surface area contributed by atoms with Crippen LogP contribution in [0.1, 0.15) is 23.4 Å². The SMILES string of the molecule is Cc1nc(C)n(CCNC(=O)C(C)Cc2cccs2)n1. The number of aromatic nitrogens is 3. The van der Waals surface area contributed by atoms with Gasteiger partial charge in [-0.05, 0) is 31.7 Å². The van der Waals surface area contributed by atoms with E-state index in [9.17, 15) is 4.79 Å². The number of rotatable bonds is 6. The Morgan fingerprint density at radius 1 is 1.50 bits per heavy atom. The number of hydrogen-bond acceptors (Lipinski definition) is 4. The van der Waals surface area contributed by atoms with Crippen LogP contribution in [-0.2, 0) is 17.8 Å². The van der Waals surface area contributed by atoms with Crippen LogP contribution in [0.2, 0.25) is 0 Å². The van der Waals surface area contributed by atoms with Gasteiger partial charge in [0, 0.05) is 17.3 Å². The van der Waals surface area contributed by atoms with E-state index in [0.29, 0.717) is 13.1 Å². The molecule has 0 fully saturated rings. The van der Waals surface area contributed by atoms with Crippen LogP contribution < -0.4 is 5.32 Å². The summed E-state index contributed by atoms with van der Waals surface area (Å²) in [5, 5.41) is 9.26. The van der Waals surface area contributed by atoms with Crippen LogP contribution in [0.5, 0.6) is 0 Å². The number of carbonyl (C=O) groups excluding carboxylic acids is 1. The van der Waals surface area contributed by atoms with Crippen LogP contribution in [0.3, 0.4) is 0 Å². The number of aryl methyl sites for hydroxylation is 2. The molecule has 0 aromatic carbocycles. The van der Waals surface area contributed by atoms with Crippen LogP contribution >= 0.6 is 11.3 Å². The summed E-state index contributed by atoms with van der Waals surface area (Å²) in [5.74, 6) is 1.73. The first kappa shape index (κ1) is 14.7. The van der Waals surface area contributed by atoms with Crippen LogP contribution in [0.15, 0.2) is 17.5 Å².